The normalized spacial score (nSPS) is 18.9. The van der Waals surface area contributed by atoms with Gasteiger partial charge in [-0.15, -0.1) is 0 Å². The van der Waals surface area contributed by atoms with Crippen LogP contribution >= 0.6 is 0 Å². The Morgan fingerprint density at radius 3 is 2.38 bits per heavy atom. The summed E-state index contributed by atoms with van der Waals surface area (Å²) in [6.07, 6.45) is 1.69. The van der Waals surface area contributed by atoms with Crippen LogP contribution in [0.1, 0.15) is 29.6 Å². The van der Waals surface area contributed by atoms with Crippen molar-refractivity contribution in [1.29, 1.82) is 0 Å². The zero-order valence-corrected chi connectivity index (χ0v) is 15.1. The number of carbonyl (C=O) groups is 3. The molecule has 0 aliphatic carbocycles. The van der Waals surface area contributed by atoms with Crippen LogP contribution < -0.4 is 10.1 Å². The van der Waals surface area contributed by atoms with E-state index in [1.54, 1.807) is 41.2 Å². The van der Waals surface area contributed by atoms with Crippen molar-refractivity contribution in [2.45, 2.75) is 19.3 Å². The Kier molecular flexibility index (Phi) is 5.75. The molecule has 0 spiro atoms. The Hall–Kier alpha value is -2.57. The molecule has 0 atom stereocenters. The number of piperidine rings is 1. The first-order valence-corrected chi connectivity index (χ1v) is 9.07. The lowest BCUT2D eigenvalue weighted by Gasteiger charge is -2.34. The lowest BCUT2D eigenvalue weighted by molar-refractivity contribution is -0.136. The summed E-state index contributed by atoms with van der Waals surface area (Å²) in [6, 6.07) is 7.08. The number of rotatable bonds is 3. The molecule has 3 amide bonds. The van der Waals surface area contributed by atoms with Gasteiger partial charge in [0, 0.05) is 50.6 Å². The number of amides is 3. The monoisotopic (exact) mass is 359 g/mol. The zero-order valence-electron chi connectivity index (χ0n) is 15.1. The van der Waals surface area contributed by atoms with Crippen LogP contribution in [0, 0.1) is 5.92 Å². The highest BCUT2D eigenvalue weighted by atomic mass is 16.5. The summed E-state index contributed by atoms with van der Waals surface area (Å²) >= 11 is 0. The van der Waals surface area contributed by atoms with Crippen molar-refractivity contribution in [3.8, 4) is 5.75 Å². The number of hydrogen-bond acceptors (Lipinski definition) is 4. The molecule has 1 aromatic rings. The third-order valence-corrected chi connectivity index (χ3v) is 5.09. The first-order chi connectivity index (χ1) is 12.6. The summed E-state index contributed by atoms with van der Waals surface area (Å²) in [4.78, 5) is 40.3. The van der Waals surface area contributed by atoms with Gasteiger partial charge in [0.2, 0.25) is 11.8 Å². The molecular formula is C19H25N3O4. The van der Waals surface area contributed by atoms with Crippen LogP contribution in [0.5, 0.6) is 5.75 Å². The fraction of sp³-hybridized carbons (Fsp3) is 0.526. The highest BCUT2D eigenvalue weighted by Gasteiger charge is 2.31. The summed E-state index contributed by atoms with van der Waals surface area (Å²) in [7, 11) is 1.59. The second kappa shape index (κ2) is 8.21. The minimum Gasteiger partial charge on any atom is -0.497 e. The number of likely N-dealkylation sites (tertiary alicyclic amines) is 1. The number of ether oxygens (including phenoxy) is 1. The predicted octanol–water partition coefficient (Wildman–Crippen LogP) is 0.896. The summed E-state index contributed by atoms with van der Waals surface area (Å²) in [5.74, 6) is 0.751. The van der Waals surface area contributed by atoms with Crippen LogP contribution in [0.2, 0.25) is 0 Å². The van der Waals surface area contributed by atoms with Crippen molar-refractivity contribution < 1.29 is 19.1 Å². The molecule has 0 bridgehead atoms. The molecule has 0 saturated carbocycles. The highest BCUT2D eigenvalue weighted by Crippen LogP contribution is 2.22. The Bertz CT molecular complexity index is 666. The molecule has 2 heterocycles. The van der Waals surface area contributed by atoms with Gasteiger partial charge in [-0.3, -0.25) is 14.4 Å². The highest BCUT2D eigenvalue weighted by molar-refractivity contribution is 5.94. The van der Waals surface area contributed by atoms with Gasteiger partial charge < -0.3 is 19.9 Å². The van der Waals surface area contributed by atoms with Crippen molar-refractivity contribution in [1.82, 2.24) is 15.1 Å². The number of methoxy groups -OCH3 is 1. The number of hydrogen-bond donors (Lipinski definition) is 1. The van der Waals surface area contributed by atoms with E-state index < -0.39 is 0 Å². The van der Waals surface area contributed by atoms with Gasteiger partial charge >= 0.3 is 0 Å². The maximum absolute atomic E-state index is 12.7. The van der Waals surface area contributed by atoms with Crippen molar-refractivity contribution in [2.24, 2.45) is 5.92 Å². The van der Waals surface area contributed by atoms with E-state index in [0.717, 1.165) is 5.75 Å². The average molecular weight is 359 g/mol. The molecule has 0 aromatic heterocycles. The molecular weight excluding hydrogens is 334 g/mol. The minimum absolute atomic E-state index is 0.000192. The third-order valence-electron chi connectivity index (χ3n) is 5.09. The van der Waals surface area contributed by atoms with E-state index in [2.05, 4.69) is 5.32 Å². The third kappa shape index (κ3) is 4.15. The van der Waals surface area contributed by atoms with E-state index >= 15 is 0 Å². The van der Waals surface area contributed by atoms with E-state index in [0.29, 0.717) is 57.5 Å². The Morgan fingerprint density at radius 2 is 1.73 bits per heavy atom. The van der Waals surface area contributed by atoms with Gasteiger partial charge in [-0.1, -0.05) is 0 Å². The fourth-order valence-electron chi connectivity index (χ4n) is 3.49. The van der Waals surface area contributed by atoms with Crippen molar-refractivity contribution in [3.05, 3.63) is 29.8 Å². The first kappa shape index (κ1) is 18.2. The minimum atomic E-state index is -0.0666. The van der Waals surface area contributed by atoms with E-state index in [1.807, 2.05) is 0 Å². The van der Waals surface area contributed by atoms with E-state index in [1.165, 1.54) is 0 Å². The number of nitrogens with zero attached hydrogens (tertiary/aromatic N) is 2. The lowest BCUT2D eigenvalue weighted by atomic mass is 9.94. The zero-order chi connectivity index (χ0) is 18.5. The molecule has 3 rings (SSSR count). The molecule has 7 nitrogen and oxygen atoms in total. The Labute approximate surface area is 153 Å². The van der Waals surface area contributed by atoms with Gasteiger partial charge in [-0.05, 0) is 37.1 Å². The van der Waals surface area contributed by atoms with Crippen LogP contribution in [-0.2, 0) is 9.59 Å². The number of carbonyl (C=O) groups excluding carboxylic acids is 3. The molecule has 1 aromatic carbocycles. The molecule has 2 saturated heterocycles. The number of nitrogens with one attached hydrogen (secondary N) is 1. The summed E-state index contributed by atoms with van der Waals surface area (Å²) in [6.45, 7) is 2.71. The molecule has 1 N–H and O–H groups in total. The van der Waals surface area contributed by atoms with Crippen LogP contribution in [0.25, 0.3) is 0 Å². The quantitative estimate of drug-likeness (QED) is 0.870. The smallest absolute Gasteiger partial charge is 0.253 e. The van der Waals surface area contributed by atoms with Gasteiger partial charge in [0.15, 0.2) is 0 Å². The molecule has 2 fully saturated rings. The van der Waals surface area contributed by atoms with Crippen LogP contribution in [-0.4, -0.2) is 67.4 Å². The average Bonchev–Trinajstić information content (AvgIpc) is 2.91. The van der Waals surface area contributed by atoms with Gasteiger partial charge in [-0.2, -0.15) is 0 Å². The molecule has 7 heteroatoms. The van der Waals surface area contributed by atoms with E-state index in [-0.39, 0.29) is 23.6 Å². The maximum Gasteiger partial charge on any atom is 0.253 e. The van der Waals surface area contributed by atoms with Gasteiger partial charge in [0.05, 0.1) is 7.11 Å². The molecule has 2 aliphatic heterocycles. The second-order valence-corrected chi connectivity index (χ2v) is 6.72. The lowest BCUT2D eigenvalue weighted by Crippen LogP contribution is -2.45. The molecule has 2 aliphatic rings. The number of benzene rings is 1. The maximum atomic E-state index is 12.7. The summed E-state index contributed by atoms with van der Waals surface area (Å²) in [5.41, 5.74) is 0.632. The van der Waals surface area contributed by atoms with Gasteiger partial charge in [0.1, 0.15) is 5.75 Å². The Morgan fingerprint density at radius 1 is 1.04 bits per heavy atom. The molecule has 140 valence electrons. The molecule has 0 radical (unpaired) electrons. The summed E-state index contributed by atoms with van der Waals surface area (Å²) < 4.78 is 5.12. The van der Waals surface area contributed by atoms with Crippen LogP contribution in [0.3, 0.4) is 0 Å². The first-order valence-electron chi connectivity index (χ1n) is 9.07. The van der Waals surface area contributed by atoms with E-state index in [9.17, 15) is 14.4 Å². The van der Waals surface area contributed by atoms with E-state index in [4.69, 9.17) is 4.74 Å². The predicted molar refractivity (Wildman–Crippen MR) is 95.8 cm³/mol. The Balaban J connectivity index is 1.53. The van der Waals surface area contributed by atoms with Crippen molar-refractivity contribution in [3.63, 3.8) is 0 Å². The SMILES string of the molecule is COc1ccc(C(=O)N2CCC(C(=O)N3CCNC(=O)CC3)CC2)cc1. The van der Waals surface area contributed by atoms with Gasteiger partial charge in [0.25, 0.3) is 5.91 Å². The standard InChI is InChI=1S/C19H25N3O4/c1-26-16-4-2-14(3-5-16)18(24)21-10-6-15(7-11-21)19(25)22-12-8-17(23)20-9-13-22/h2-5,15H,6-13H2,1H3,(H,20,23). The van der Waals surface area contributed by atoms with Crippen LogP contribution in [0.15, 0.2) is 24.3 Å². The molecule has 26 heavy (non-hydrogen) atoms. The summed E-state index contributed by atoms with van der Waals surface area (Å²) in [5, 5.41) is 2.79. The fourth-order valence-corrected chi connectivity index (χ4v) is 3.49. The molecule has 0 unspecified atom stereocenters. The van der Waals surface area contributed by atoms with Crippen LogP contribution in [0.4, 0.5) is 0 Å². The van der Waals surface area contributed by atoms with Crippen molar-refractivity contribution >= 4 is 17.7 Å². The van der Waals surface area contributed by atoms with Crippen molar-refractivity contribution in [2.75, 3.05) is 39.8 Å². The second-order valence-electron chi connectivity index (χ2n) is 6.72. The largest absolute Gasteiger partial charge is 0.497 e. The topological polar surface area (TPSA) is 79.0 Å². The van der Waals surface area contributed by atoms with Gasteiger partial charge in [-0.25, -0.2) is 0 Å².